The van der Waals surface area contributed by atoms with Gasteiger partial charge in [-0.2, -0.15) is 0 Å². The fourth-order valence-corrected chi connectivity index (χ4v) is 2.39. The molecule has 1 saturated heterocycles. The minimum absolute atomic E-state index is 0.0467. The minimum atomic E-state index is -0.538. The summed E-state index contributed by atoms with van der Waals surface area (Å²) >= 11 is 5.87. The number of hydrogen-bond acceptors (Lipinski definition) is 5. The van der Waals surface area contributed by atoms with Crippen LogP contribution in [0.3, 0.4) is 0 Å². The zero-order valence-electron chi connectivity index (χ0n) is 13.5. The van der Waals surface area contributed by atoms with Gasteiger partial charge in [0.1, 0.15) is 6.10 Å². The molecule has 0 N–H and O–H groups in total. The lowest BCUT2D eigenvalue weighted by atomic mass is 9.94. The molecule has 0 spiro atoms. The van der Waals surface area contributed by atoms with Gasteiger partial charge in [-0.25, -0.2) is 0 Å². The van der Waals surface area contributed by atoms with Crippen molar-refractivity contribution >= 4 is 23.3 Å². The number of rotatable bonds is 5. The molecule has 1 atom stereocenters. The van der Waals surface area contributed by atoms with Crippen molar-refractivity contribution in [2.24, 2.45) is 5.41 Å². The van der Waals surface area contributed by atoms with E-state index >= 15 is 0 Å². The van der Waals surface area contributed by atoms with Crippen molar-refractivity contribution < 1.29 is 9.53 Å². The van der Waals surface area contributed by atoms with Gasteiger partial charge in [0.15, 0.2) is 5.82 Å². The molecule has 1 amide bonds. The molecule has 2 heterocycles. The second kappa shape index (κ2) is 6.69. The van der Waals surface area contributed by atoms with E-state index in [1.54, 1.807) is 6.07 Å². The van der Waals surface area contributed by atoms with Crippen molar-refractivity contribution in [1.29, 1.82) is 0 Å². The highest BCUT2D eigenvalue weighted by Gasteiger charge is 2.36. The Balaban J connectivity index is 1.92. The quantitative estimate of drug-likeness (QED) is 0.772. The number of alkyl halides is 1. The Morgan fingerprint density at radius 3 is 2.73 bits per heavy atom. The molecule has 6 nitrogen and oxygen atoms in total. The fourth-order valence-electron chi connectivity index (χ4n) is 2.28. The molecule has 122 valence electrons. The number of aromatic nitrogens is 2. The summed E-state index contributed by atoms with van der Waals surface area (Å²) in [6, 6.07) is 3.66. The van der Waals surface area contributed by atoms with Gasteiger partial charge in [0.25, 0.3) is 0 Å². The van der Waals surface area contributed by atoms with Gasteiger partial charge in [-0.3, -0.25) is 4.79 Å². The first kappa shape index (κ1) is 16.8. The number of amides is 1. The predicted molar refractivity (Wildman–Crippen MR) is 86.5 cm³/mol. The lowest BCUT2D eigenvalue weighted by Gasteiger charge is -2.27. The van der Waals surface area contributed by atoms with Crippen molar-refractivity contribution in [2.45, 2.75) is 26.4 Å². The van der Waals surface area contributed by atoms with E-state index in [4.69, 9.17) is 16.3 Å². The Bertz CT molecular complexity index is 519. The number of anilines is 1. The lowest BCUT2D eigenvalue weighted by Crippen LogP contribution is -2.41. The number of halogens is 1. The average Bonchev–Trinajstić information content (AvgIpc) is 2.95. The van der Waals surface area contributed by atoms with Crippen LogP contribution in [0.5, 0.6) is 5.88 Å². The largest absolute Gasteiger partial charge is 0.471 e. The Morgan fingerprint density at radius 2 is 2.18 bits per heavy atom. The van der Waals surface area contributed by atoms with Crippen molar-refractivity contribution in [3.63, 3.8) is 0 Å². The molecule has 7 heteroatoms. The van der Waals surface area contributed by atoms with Gasteiger partial charge in [0.05, 0.1) is 12.0 Å². The van der Waals surface area contributed by atoms with Gasteiger partial charge in [-0.15, -0.1) is 21.8 Å². The maximum atomic E-state index is 12.4. The number of hydrogen-bond donors (Lipinski definition) is 0. The third kappa shape index (κ3) is 3.80. The third-order valence-electron chi connectivity index (χ3n) is 3.72. The van der Waals surface area contributed by atoms with Gasteiger partial charge < -0.3 is 14.5 Å². The summed E-state index contributed by atoms with van der Waals surface area (Å²) in [6.45, 7) is 4.98. The highest BCUT2D eigenvalue weighted by atomic mass is 35.5. The minimum Gasteiger partial charge on any atom is -0.471 e. The van der Waals surface area contributed by atoms with Crippen molar-refractivity contribution in [2.75, 3.05) is 38.0 Å². The number of carbonyl (C=O) groups excluding carboxylic acids is 1. The Labute approximate surface area is 136 Å². The molecule has 0 aliphatic carbocycles. The van der Waals surface area contributed by atoms with Crippen LogP contribution in [-0.4, -0.2) is 60.2 Å². The fraction of sp³-hybridized carbons (Fsp3) is 0.667. The first-order chi connectivity index (χ1) is 10.3. The van der Waals surface area contributed by atoms with E-state index in [0.717, 1.165) is 12.2 Å². The van der Waals surface area contributed by atoms with Crippen LogP contribution in [0.4, 0.5) is 5.82 Å². The van der Waals surface area contributed by atoms with E-state index in [2.05, 4.69) is 10.2 Å². The maximum Gasteiger partial charge on any atom is 0.233 e. The van der Waals surface area contributed by atoms with Crippen molar-refractivity contribution in [1.82, 2.24) is 15.1 Å². The van der Waals surface area contributed by atoms with Crippen molar-refractivity contribution in [3.05, 3.63) is 12.1 Å². The normalized spacial score (nSPS) is 18.4. The van der Waals surface area contributed by atoms with Crippen molar-refractivity contribution in [3.8, 4) is 5.88 Å². The van der Waals surface area contributed by atoms with Crippen LogP contribution in [0.15, 0.2) is 12.1 Å². The molecule has 1 aromatic rings. The van der Waals surface area contributed by atoms with Crippen LogP contribution in [-0.2, 0) is 4.79 Å². The Hall–Kier alpha value is -1.56. The smallest absolute Gasteiger partial charge is 0.233 e. The van der Waals surface area contributed by atoms with Gasteiger partial charge in [0.2, 0.25) is 11.8 Å². The zero-order chi connectivity index (χ0) is 16.3. The molecule has 1 aliphatic heterocycles. The van der Waals surface area contributed by atoms with Crippen LogP contribution in [0.25, 0.3) is 0 Å². The first-order valence-electron chi connectivity index (χ1n) is 7.36. The molecule has 1 fully saturated rings. The molecule has 0 aromatic carbocycles. The highest BCUT2D eigenvalue weighted by molar-refractivity contribution is 6.19. The van der Waals surface area contributed by atoms with Crippen LogP contribution in [0, 0.1) is 5.41 Å². The maximum absolute atomic E-state index is 12.4. The number of likely N-dealkylation sites (tertiary alicyclic amines) is 1. The molecule has 2 rings (SSSR count). The summed E-state index contributed by atoms with van der Waals surface area (Å²) in [4.78, 5) is 16.1. The molecule has 1 unspecified atom stereocenters. The van der Waals surface area contributed by atoms with E-state index in [1.165, 1.54) is 0 Å². The monoisotopic (exact) mass is 326 g/mol. The average molecular weight is 327 g/mol. The summed E-state index contributed by atoms with van der Waals surface area (Å²) in [6.07, 6.45) is 0.746. The van der Waals surface area contributed by atoms with Crippen LogP contribution < -0.4 is 9.64 Å². The summed E-state index contributed by atoms with van der Waals surface area (Å²) in [5.74, 6) is 1.65. The molecule has 0 bridgehead atoms. The van der Waals surface area contributed by atoms with E-state index in [0.29, 0.717) is 24.8 Å². The number of carbonyl (C=O) groups is 1. The van der Waals surface area contributed by atoms with Crippen LogP contribution in [0.2, 0.25) is 0 Å². The van der Waals surface area contributed by atoms with Crippen LogP contribution >= 0.6 is 11.6 Å². The lowest BCUT2D eigenvalue weighted by molar-refractivity contribution is -0.138. The predicted octanol–water partition coefficient (Wildman–Crippen LogP) is 1.79. The SMILES string of the molecule is CN(C)c1ccc(OC2CCN(C(=O)C(C)(C)CCl)C2)nn1. The van der Waals surface area contributed by atoms with E-state index < -0.39 is 5.41 Å². The standard InChI is InChI=1S/C15H23ClN4O2/c1-15(2,10-16)14(21)20-8-7-11(9-20)22-13-6-5-12(17-18-13)19(3)4/h5-6,11H,7-10H2,1-4H3. The van der Waals surface area contributed by atoms with E-state index in [-0.39, 0.29) is 12.0 Å². The molecular weight excluding hydrogens is 304 g/mol. The van der Waals surface area contributed by atoms with Gasteiger partial charge in [0, 0.05) is 39.0 Å². The second-order valence-corrected chi connectivity index (χ2v) is 6.69. The van der Waals surface area contributed by atoms with Gasteiger partial charge in [-0.1, -0.05) is 0 Å². The van der Waals surface area contributed by atoms with E-state index in [9.17, 15) is 4.79 Å². The highest BCUT2D eigenvalue weighted by Crippen LogP contribution is 2.25. The molecule has 0 saturated carbocycles. The molecule has 1 aliphatic rings. The van der Waals surface area contributed by atoms with Gasteiger partial charge >= 0.3 is 0 Å². The molecule has 1 aromatic heterocycles. The Morgan fingerprint density at radius 1 is 1.45 bits per heavy atom. The summed E-state index contributed by atoms with van der Waals surface area (Å²) in [5.41, 5.74) is -0.538. The first-order valence-corrected chi connectivity index (χ1v) is 7.90. The summed E-state index contributed by atoms with van der Waals surface area (Å²) in [5, 5.41) is 8.14. The topological polar surface area (TPSA) is 58.6 Å². The number of ether oxygens (including phenoxy) is 1. The molecular formula is C15H23ClN4O2. The van der Waals surface area contributed by atoms with Gasteiger partial charge in [-0.05, 0) is 19.9 Å². The van der Waals surface area contributed by atoms with E-state index in [1.807, 2.05) is 43.8 Å². The number of nitrogens with zero attached hydrogens (tertiary/aromatic N) is 4. The summed E-state index contributed by atoms with van der Waals surface area (Å²) < 4.78 is 5.82. The Kier molecular flexibility index (Phi) is 5.11. The molecule has 0 radical (unpaired) electrons. The molecule has 22 heavy (non-hydrogen) atoms. The van der Waals surface area contributed by atoms with Crippen LogP contribution in [0.1, 0.15) is 20.3 Å². The second-order valence-electron chi connectivity index (χ2n) is 6.42. The zero-order valence-corrected chi connectivity index (χ0v) is 14.3. The summed E-state index contributed by atoms with van der Waals surface area (Å²) in [7, 11) is 3.81. The third-order valence-corrected chi connectivity index (χ3v) is 4.39.